The number of nitrogens with one attached hydrogen (secondary N) is 1. The number of amides is 1. The Morgan fingerprint density at radius 1 is 1.27 bits per heavy atom. The van der Waals surface area contributed by atoms with Gasteiger partial charge >= 0.3 is 0 Å². The van der Waals surface area contributed by atoms with Crippen LogP contribution in [0.25, 0.3) is 5.69 Å². The van der Waals surface area contributed by atoms with Gasteiger partial charge in [0.05, 0.1) is 28.1 Å². The third kappa shape index (κ3) is 3.57. The van der Waals surface area contributed by atoms with Gasteiger partial charge in [0, 0.05) is 22.8 Å². The molecule has 8 heteroatoms. The zero-order valence-electron chi connectivity index (χ0n) is 13.8. The maximum atomic E-state index is 12.6. The monoisotopic (exact) mass is 370 g/mol. The minimum absolute atomic E-state index is 0.0897. The molecule has 132 valence electrons. The van der Waals surface area contributed by atoms with Crippen LogP contribution in [0, 0.1) is 10.1 Å². The van der Waals surface area contributed by atoms with Crippen molar-refractivity contribution in [2.24, 2.45) is 0 Å². The molecule has 1 aromatic heterocycles. The van der Waals surface area contributed by atoms with Crippen molar-refractivity contribution in [3.8, 4) is 5.69 Å². The molecule has 0 spiro atoms. The standard InChI is InChI=1S/C18H15ClN4O3/c1-2-17-16(11-20-22(17)14-7-3-5-12(19)9-14)18(24)21-13-6-4-8-15(10-13)23(25)26/h3-11H,2H2,1H3,(H,21,24). The number of anilines is 1. The Bertz CT molecular complexity index is 984. The van der Waals surface area contributed by atoms with Gasteiger partial charge in [-0.3, -0.25) is 14.9 Å². The zero-order chi connectivity index (χ0) is 18.7. The molecule has 3 rings (SSSR count). The van der Waals surface area contributed by atoms with Crippen LogP contribution in [-0.2, 0) is 6.42 Å². The second kappa shape index (κ2) is 7.37. The number of non-ortho nitro benzene ring substituents is 1. The SMILES string of the molecule is CCc1c(C(=O)Nc2cccc([N+](=O)[O-])c2)cnn1-c1cccc(Cl)c1. The van der Waals surface area contributed by atoms with Crippen molar-refractivity contribution in [1.29, 1.82) is 0 Å². The Morgan fingerprint density at radius 2 is 2.04 bits per heavy atom. The summed E-state index contributed by atoms with van der Waals surface area (Å²) in [7, 11) is 0. The van der Waals surface area contributed by atoms with Gasteiger partial charge in [-0.2, -0.15) is 5.10 Å². The molecule has 1 heterocycles. The topological polar surface area (TPSA) is 90.1 Å². The minimum atomic E-state index is -0.510. The lowest BCUT2D eigenvalue weighted by atomic mass is 10.1. The molecule has 1 amide bonds. The van der Waals surface area contributed by atoms with E-state index in [9.17, 15) is 14.9 Å². The van der Waals surface area contributed by atoms with Crippen molar-refractivity contribution in [2.45, 2.75) is 13.3 Å². The average molecular weight is 371 g/mol. The van der Waals surface area contributed by atoms with Gasteiger partial charge in [-0.15, -0.1) is 0 Å². The van der Waals surface area contributed by atoms with Gasteiger partial charge in [-0.05, 0) is 30.7 Å². The van der Waals surface area contributed by atoms with Gasteiger partial charge < -0.3 is 5.32 Å². The Balaban J connectivity index is 1.91. The van der Waals surface area contributed by atoms with Crippen LogP contribution in [0.1, 0.15) is 23.0 Å². The summed E-state index contributed by atoms with van der Waals surface area (Å²) in [5, 5.41) is 18.4. The molecule has 0 bridgehead atoms. The highest BCUT2D eigenvalue weighted by molar-refractivity contribution is 6.30. The molecule has 0 radical (unpaired) electrons. The molecule has 0 aliphatic rings. The second-order valence-corrected chi connectivity index (χ2v) is 5.95. The van der Waals surface area contributed by atoms with Gasteiger partial charge in [0.15, 0.2) is 0 Å². The third-order valence-corrected chi connectivity index (χ3v) is 4.05. The predicted molar refractivity (Wildman–Crippen MR) is 99.0 cm³/mol. The number of halogens is 1. The van der Waals surface area contributed by atoms with E-state index in [0.29, 0.717) is 22.7 Å². The summed E-state index contributed by atoms with van der Waals surface area (Å²) < 4.78 is 1.66. The molecule has 3 aromatic rings. The van der Waals surface area contributed by atoms with Crippen LogP contribution in [-0.4, -0.2) is 20.6 Å². The molecule has 0 fully saturated rings. The van der Waals surface area contributed by atoms with Crippen molar-refractivity contribution in [3.63, 3.8) is 0 Å². The highest BCUT2D eigenvalue weighted by atomic mass is 35.5. The third-order valence-electron chi connectivity index (χ3n) is 3.82. The molecule has 2 aromatic carbocycles. The first-order valence-corrected chi connectivity index (χ1v) is 8.26. The van der Waals surface area contributed by atoms with Gasteiger partial charge in [-0.25, -0.2) is 4.68 Å². The number of benzene rings is 2. The molecule has 7 nitrogen and oxygen atoms in total. The fourth-order valence-corrected chi connectivity index (χ4v) is 2.81. The number of rotatable bonds is 5. The van der Waals surface area contributed by atoms with Gasteiger partial charge in [0.25, 0.3) is 11.6 Å². The highest BCUT2D eigenvalue weighted by Gasteiger charge is 2.18. The number of hydrogen-bond donors (Lipinski definition) is 1. The van der Waals surface area contributed by atoms with Gasteiger partial charge in [0.2, 0.25) is 0 Å². The largest absolute Gasteiger partial charge is 0.322 e. The number of nitro groups is 1. The summed E-state index contributed by atoms with van der Waals surface area (Å²) in [5.74, 6) is -0.379. The van der Waals surface area contributed by atoms with Gasteiger partial charge in [-0.1, -0.05) is 30.7 Å². The van der Waals surface area contributed by atoms with Crippen molar-refractivity contribution in [1.82, 2.24) is 9.78 Å². The molecule has 0 aliphatic carbocycles. The first-order valence-electron chi connectivity index (χ1n) is 7.88. The maximum absolute atomic E-state index is 12.6. The van der Waals surface area contributed by atoms with E-state index in [-0.39, 0.29) is 11.6 Å². The molecular formula is C18H15ClN4O3. The second-order valence-electron chi connectivity index (χ2n) is 5.51. The number of carbonyl (C=O) groups excluding carboxylic acids is 1. The normalized spacial score (nSPS) is 10.5. The Morgan fingerprint density at radius 3 is 2.73 bits per heavy atom. The predicted octanol–water partition coefficient (Wildman–Crippen LogP) is 4.25. The van der Waals surface area contributed by atoms with E-state index < -0.39 is 4.92 Å². The van der Waals surface area contributed by atoms with Crippen LogP contribution < -0.4 is 5.32 Å². The molecule has 0 atom stereocenters. The van der Waals surface area contributed by atoms with E-state index in [1.807, 2.05) is 19.1 Å². The first-order chi connectivity index (χ1) is 12.5. The molecule has 26 heavy (non-hydrogen) atoms. The Hall–Kier alpha value is -3.19. The number of carbonyl (C=O) groups is 1. The molecule has 0 unspecified atom stereocenters. The summed E-state index contributed by atoms with van der Waals surface area (Å²) in [4.78, 5) is 23.0. The highest BCUT2D eigenvalue weighted by Crippen LogP contribution is 2.21. The van der Waals surface area contributed by atoms with Crippen molar-refractivity contribution in [3.05, 3.63) is 81.1 Å². The van der Waals surface area contributed by atoms with E-state index in [4.69, 9.17) is 11.6 Å². The van der Waals surface area contributed by atoms with Crippen molar-refractivity contribution in [2.75, 3.05) is 5.32 Å². The van der Waals surface area contributed by atoms with Crippen LogP contribution in [0.5, 0.6) is 0 Å². The summed E-state index contributed by atoms with van der Waals surface area (Å²) in [6.07, 6.45) is 2.05. The van der Waals surface area contributed by atoms with E-state index in [1.54, 1.807) is 22.9 Å². The first kappa shape index (κ1) is 17.6. The number of aromatic nitrogens is 2. The maximum Gasteiger partial charge on any atom is 0.271 e. The summed E-state index contributed by atoms with van der Waals surface area (Å²) in [6.45, 7) is 1.92. The number of nitrogens with zero attached hydrogens (tertiary/aromatic N) is 3. The van der Waals surface area contributed by atoms with Crippen molar-refractivity contribution >= 4 is 28.9 Å². The summed E-state index contributed by atoms with van der Waals surface area (Å²) in [5.41, 5.74) is 2.13. The fourth-order valence-electron chi connectivity index (χ4n) is 2.63. The molecule has 0 saturated heterocycles. The van der Waals surface area contributed by atoms with Crippen LogP contribution in [0.2, 0.25) is 5.02 Å². The van der Waals surface area contributed by atoms with E-state index in [1.165, 1.54) is 24.4 Å². The van der Waals surface area contributed by atoms with Crippen LogP contribution >= 0.6 is 11.6 Å². The molecular weight excluding hydrogens is 356 g/mol. The van der Waals surface area contributed by atoms with E-state index >= 15 is 0 Å². The smallest absolute Gasteiger partial charge is 0.271 e. The van der Waals surface area contributed by atoms with Crippen molar-refractivity contribution < 1.29 is 9.72 Å². The van der Waals surface area contributed by atoms with E-state index in [2.05, 4.69) is 10.4 Å². The molecule has 1 N–H and O–H groups in total. The van der Waals surface area contributed by atoms with Crippen LogP contribution in [0.15, 0.2) is 54.7 Å². The van der Waals surface area contributed by atoms with E-state index in [0.717, 1.165) is 11.4 Å². The zero-order valence-corrected chi connectivity index (χ0v) is 14.6. The van der Waals surface area contributed by atoms with Crippen LogP contribution in [0.3, 0.4) is 0 Å². The van der Waals surface area contributed by atoms with Crippen LogP contribution in [0.4, 0.5) is 11.4 Å². The average Bonchev–Trinajstić information content (AvgIpc) is 3.06. The lowest BCUT2D eigenvalue weighted by Gasteiger charge is -2.09. The summed E-state index contributed by atoms with van der Waals surface area (Å²) in [6, 6.07) is 13.0. The Labute approximate surface area is 154 Å². The Kier molecular flexibility index (Phi) is 4.99. The number of nitro benzene ring substituents is 1. The summed E-state index contributed by atoms with van der Waals surface area (Å²) >= 11 is 6.03. The fraction of sp³-hybridized carbons (Fsp3) is 0.111. The quantitative estimate of drug-likeness (QED) is 0.537. The molecule has 0 saturated carbocycles. The van der Waals surface area contributed by atoms with Gasteiger partial charge in [0.1, 0.15) is 0 Å². The lowest BCUT2D eigenvalue weighted by Crippen LogP contribution is -2.14. The lowest BCUT2D eigenvalue weighted by molar-refractivity contribution is -0.384. The molecule has 0 aliphatic heterocycles. The number of hydrogen-bond acceptors (Lipinski definition) is 4. The minimum Gasteiger partial charge on any atom is -0.322 e.